The number of benzene rings is 2. The third-order valence-electron chi connectivity index (χ3n) is 4.29. The Morgan fingerprint density at radius 2 is 1.93 bits per heavy atom. The van der Waals surface area contributed by atoms with Crippen molar-refractivity contribution in [1.82, 2.24) is 4.31 Å². The number of carboxylic acid groups (broad SMARTS) is 1. The molecule has 0 aliphatic carbocycles. The molecule has 8 heteroatoms. The summed E-state index contributed by atoms with van der Waals surface area (Å²) in [5.74, 6) is -0.423. The second-order valence-electron chi connectivity index (χ2n) is 6.32. The topological polar surface area (TPSA) is 103 Å². The zero-order valence-electron chi connectivity index (χ0n) is 16.4. The van der Waals surface area contributed by atoms with Crippen LogP contribution in [-0.4, -0.2) is 39.7 Å². The molecule has 0 aromatic heterocycles. The van der Waals surface area contributed by atoms with Crippen LogP contribution in [0, 0.1) is 4.78 Å². The van der Waals surface area contributed by atoms with Gasteiger partial charge in [0.05, 0.1) is 11.3 Å². The van der Waals surface area contributed by atoms with Crippen molar-refractivity contribution in [3.8, 4) is 11.5 Å². The SMILES string of the molecule is CCCCNc1cc(C(=O)O)cc(S(=N)(=O)N(C)CC)c1Oc1ccccc1. The van der Waals surface area contributed by atoms with Gasteiger partial charge in [-0.2, -0.15) is 0 Å². The van der Waals surface area contributed by atoms with E-state index in [4.69, 9.17) is 9.52 Å². The lowest BCUT2D eigenvalue weighted by Crippen LogP contribution is -2.26. The highest BCUT2D eigenvalue weighted by Gasteiger charge is 2.26. The Labute approximate surface area is 166 Å². The summed E-state index contributed by atoms with van der Waals surface area (Å²) in [6.07, 6.45) is 1.84. The monoisotopic (exact) mass is 405 g/mol. The molecule has 7 nitrogen and oxygen atoms in total. The molecule has 0 spiro atoms. The van der Waals surface area contributed by atoms with Crippen LogP contribution < -0.4 is 10.1 Å². The molecule has 3 N–H and O–H groups in total. The lowest BCUT2D eigenvalue weighted by Gasteiger charge is -2.23. The number of nitrogens with zero attached hydrogens (tertiary/aromatic N) is 1. The Kier molecular flexibility index (Phi) is 7.42. The molecule has 0 amide bonds. The summed E-state index contributed by atoms with van der Waals surface area (Å²) in [7, 11) is -1.88. The highest BCUT2D eigenvalue weighted by molar-refractivity contribution is 7.90. The maximum atomic E-state index is 13.3. The van der Waals surface area contributed by atoms with Crippen LogP contribution in [0.25, 0.3) is 0 Å². The molecule has 0 bridgehead atoms. The van der Waals surface area contributed by atoms with Crippen LogP contribution in [0.4, 0.5) is 5.69 Å². The average molecular weight is 406 g/mol. The number of carboxylic acids is 1. The number of aromatic carboxylic acids is 1. The minimum Gasteiger partial charge on any atom is -0.478 e. The largest absolute Gasteiger partial charge is 0.478 e. The van der Waals surface area contributed by atoms with Gasteiger partial charge < -0.3 is 15.2 Å². The Morgan fingerprint density at radius 3 is 2.50 bits per heavy atom. The summed E-state index contributed by atoms with van der Waals surface area (Å²) in [5.41, 5.74) is 0.371. The fourth-order valence-electron chi connectivity index (χ4n) is 2.52. The predicted molar refractivity (Wildman–Crippen MR) is 111 cm³/mol. The first-order valence-electron chi connectivity index (χ1n) is 9.19. The van der Waals surface area contributed by atoms with E-state index in [0.717, 1.165) is 12.8 Å². The number of unbranched alkanes of at least 4 members (excludes halogenated alkanes) is 1. The molecule has 0 radical (unpaired) electrons. The van der Waals surface area contributed by atoms with Crippen molar-refractivity contribution in [3.05, 3.63) is 48.0 Å². The quantitative estimate of drug-likeness (QED) is 0.499. The number of anilines is 1. The van der Waals surface area contributed by atoms with Crippen molar-refractivity contribution in [3.63, 3.8) is 0 Å². The van der Waals surface area contributed by atoms with Gasteiger partial charge in [-0.05, 0) is 30.7 Å². The van der Waals surface area contributed by atoms with E-state index in [1.165, 1.54) is 16.4 Å². The van der Waals surface area contributed by atoms with Gasteiger partial charge in [0.15, 0.2) is 5.75 Å². The molecule has 2 rings (SSSR count). The Balaban J connectivity index is 2.68. The van der Waals surface area contributed by atoms with E-state index in [0.29, 0.717) is 24.5 Å². The Hall–Kier alpha value is -2.58. The molecule has 0 aliphatic rings. The van der Waals surface area contributed by atoms with E-state index in [-0.39, 0.29) is 16.2 Å². The second-order valence-corrected chi connectivity index (χ2v) is 8.44. The van der Waals surface area contributed by atoms with Gasteiger partial charge in [-0.3, -0.25) is 0 Å². The summed E-state index contributed by atoms with van der Waals surface area (Å²) in [4.78, 5) is 11.7. The van der Waals surface area contributed by atoms with Gasteiger partial charge in [0.2, 0.25) is 0 Å². The third kappa shape index (κ3) is 5.02. The lowest BCUT2D eigenvalue weighted by atomic mass is 10.1. The minimum atomic E-state index is -3.44. The van der Waals surface area contributed by atoms with Gasteiger partial charge >= 0.3 is 5.97 Å². The van der Waals surface area contributed by atoms with Crippen molar-refractivity contribution < 1.29 is 18.8 Å². The second kappa shape index (κ2) is 9.57. The highest BCUT2D eigenvalue weighted by atomic mass is 32.2. The number of hydrogen-bond acceptors (Lipinski definition) is 5. The molecule has 2 aromatic carbocycles. The first kappa shape index (κ1) is 21.7. The molecule has 0 fully saturated rings. The summed E-state index contributed by atoms with van der Waals surface area (Å²) in [5, 5.41) is 12.7. The van der Waals surface area contributed by atoms with Gasteiger partial charge in [0.25, 0.3) is 0 Å². The van der Waals surface area contributed by atoms with Crippen LogP contribution in [0.15, 0.2) is 47.4 Å². The van der Waals surface area contributed by atoms with Crippen LogP contribution in [0.3, 0.4) is 0 Å². The molecule has 0 aliphatic heterocycles. The minimum absolute atomic E-state index is 0.0413. The number of para-hydroxylation sites is 1. The summed E-state index contributed by atoms with van der Waals surface area (Å²) >= 11 is 0. The predicted octanol–water partition coefficient (Wildman–Crippen LogP) is 4.66. The van der Waals surface area contributed by atoms with Crippen LogP contribution in [0.2, 0.25) is 0 Å². The van der Waals surface area contributed by atoms with Crippen molar-refractivity contribution in [2.45, 2.75) is 31.6 Å². The standard InChI is InChI=1S/C20H27N3O4S/c1-4-6-12-22-17-13-15(20(24)25)14-18(28(21,26)23(3)5-2)19(17)27-16-10-8-7-9-11-16/h7-11,13-14,21-22H,4-6,12H2,1-3H3,(H,24,25). The smallest absolute Gasteiger partial charge is 0.335 e. The lowest BCUT2D eigenvalue weighted by molar-refractivity contribution is 0.0696. The van der Waals surface area contributed by atoms with Crippen molar-refractivity contribution in [2.24, 2.45) is 0 Å². The van der Waals surface area contributed by atoms with Crippen molar-refractivity contribution in [1.29, 1.82) is 4.78 Å². The Morgan fingerprint density at radius 1 is 1.25 bits per heavy atom. The van der Waals surface area contributed by atoms with E-state index in [2.05, 4.69) is 12.2 Å². The molecular weight excluding hydrogens is 378 g/mol. The van der Waals surface area contributed by atoms with E-state index in [9.17, 15) is 14.1 Å². The molecule has 0 saturated carbocycles. The number of hydrogen-bond donors (Lipinski definition) is 3. The van der Waals surface area contributed by atoms with Crippen LogP contribution in [-0.2, 0) is 9.92 Å². The van der Waals surface area contributed by atoms with Gasteiger partial charge in [-0.1, -0.05) is 38.5 Å². The summed E-state index contributed by atoms with van der Waals surface area (Å²) in [6.45, 7) is 4.80. The van der Waals surface area contributed by atoms with Gasteiger partial charge in [0, 0.05) is 20.1 Å². The maximum Gasteiger partial charge on any atom is 0.335 e. The van der Waals surface area contributed by atoms with Gasteiger partial charge in [0.1, 0.15) is 20.6 Å². The van der Waals surface area contributed by atoms with Gasteiger partial charge in [-0.15, -0.1) is 0 Å². The summed E-state index contributed by atoms with van der Waals surface area (Å²) in [6, 6.07) is 11.7. The van der Waals surface area contributed by atoms with E-state index < -0.39 is 15.9 Å². The molecule has 152 valence electrons. The molecule has 1 atom stereocenters. The van der Waals surface area contributed by atoms with Crippen LogP contribution in [0.5, 0.6) is 11.5 Å². The molecule has 28 heavy (non-hydrogen) atoms. The van der Waals surface area contributed by atoms with E-state index in [1.54, 1.807) is 38.2 Å². The average Bonchev–Trinajstić information content (AvgIpc) is 2.68. The van der Waals surface area contributed by atoms with Crippen LogP contribution >= 0.6 is 0 Å². The summed E-state index contributed by atoms with van der Waals surface area (Å²) < 4.78 is 29.1. The maximum absolute atomic E-state index is 13.3. The molecule has 1 unspecified atom stereocenters. The van der Waals surface area contributed by atoms with Gasteiger partial charge in [-0.25, -0.2) is 18.1 Å². The molecule has 0 saturated heterocycles. The van der Waals surface area contributed by atoms with Crippen LogP contribution in [0.1, 0.15) is 37.0 Å². The van der Waals surface area contributed by atoms with Crippen molar-refractivity contribution >= 4 is 21.6 Å². The third-order valence-corrected chi connectivity index (χ3v) is 6.33. The molecule has 0 heterocycles. The number of rotatable bonds is 10. The zero-order chi connectivity index (χ0) is 20.7. The zero-order valence-corrected chi connectivity index (χ0v) is 17.2. The first-order valence-corrected chi connectivity index (χ1v) is 10.7. The van der Waals surface area contributed by atoms with Crippen molar-refractivity contribution in [2.75, 3.05) is 25.5 Å². The molecule has 2 aromatic rings. The fraction of sp³-hybridized carbons (Fsp3) is 0.350. The van der Waals surface area contributed by atoms with E-state index >= 15 is 0 Å². The normalized spacial score (nSPS) is 13.1. The number of ether oxygens (including phenoxy) is 1. The Bertz CT molecular complexity index is 915. The highest BCUT2D eigenvalue weighted by Crippen LogP contribution is 2.39. The van der Waals surface area contributed by atoms with E-state index in [1.807, 2.05) is 6.07 Å². The number of nitrogens with one attached hydrogen (secondary N) is 2. The fourth-order valence-corrected chi connectivity index (χ4v) is 3.91. The molecular formula is C20H27N3O4S. The number of carbonyl (C=O) groups is 1. The first-order chi connectivity index (χ1) is 13.3.